The van der Waals surface area contributed by atoms with Crippen molar-refractivity contribution in [2.75, 3.05) is 11.9 Å². The number of thiophene rings is 1. The molecule has 0 aliphatic carbocycles. The fraction of sp³-hybridized carbons (Fsp3) is 0.250. The highest BCUT2D eigenvalue weighted by molar-refractivity contribution is 7.15. The first-order valence-electron chi connectivity index (χ1n) is 10.4. The number of esters is 1. The van der Waals surface area contributed by atoms with Crippen LogP contribution in [0.2, 0.25) is 20.1 Å². The van der Waals surface area contributed by atoms with Gasteiger partial charge in [0, 0.05) is 37.6 Å². The van der Waals surface area contributed by atoms with Crippen LogP contribution in [0.15, 0.2) is 41.8 Å². The van der Waals surface area contributed by atoms with E-state index < -0.39 is 18.0 Å². The van der Waals surface area contributed by atoms with Gasteiger partial charge in [-0.3, -0.25) is 4.79 Å². The molecule has 0 spiro atoms. The summed E-state index contributed by atoms with van der Waals surface area (Å²) in [4.78, 5) is 26.0. The highest BCUT2D eigenvalue weighted by Gasteiger charge is 2.27. The van der Waals surface area contributed by atoms with E-state index in [9.17, 15) is 9.59 Å². The van der Waals surface area contributed by atoms with Crippen LogP contribution in [0, 0.1) is 0 Å². The predicted molar refractivity (Wildman–Crippen MR) is 140 cm³/mol. The highest BCUT2D eigenvalue weighted by Crippen LogP contribution is 2.40. The van der Waals surface area contributed by atoms with E-state index in [0.29, 0.717) is 54.8 Å². The molecule has 34 heavy (non-hydrogen) atoms. The first kappa shape index (κ1) is 26.6. The van der Waals surface area contributed by atoms with Crippen molar-refractivity contribution in [3.63, 3.8) is 0 Å². The van der Waals surface area contributed by atoms with Gasteiger partial charge in [-0.25, -0.2) is 4.79 Å². The molecule has 1 atom stereocenters. The number of amides is 1. The van der Waals surface area contributed by atoms with Crippen LogP contribution >= 0.6 is 57.7 Å². The fourth-order valence-electron chi connectivity index (χ4n) is 3.06. The summed E-state index contributed by atoms with van der Waals surface area (Å²) in [5.74, 6) is -0.719. The van der Waals surface area contributed by atoms with Crippen molar-refractivity contribution in [3.8, 4) is 16.9 Å². The van der Waals surface area contributed by atoms with Gasteiger partial charge < -0.3 is 14.8 Å². The second-order valence-corrected chi connectivity index (χ2v) is 9.76. The molecule has 0 bridgehead atoms. The third-order valence-electron chi connectivity index (χ3n) is 4.72. The van der Waals surface area contributed by atoms with Crippen LogP contribution in [0.5, 0.6) is 5.75 Å². The van der Waals surface area contributed by atoms with Crippen molar-refractivity contribution in [1.29, 1.82) is 0 Å². The Morgan fingerprint density at radius 1 is 0.971 bits per heavy atom. The molecule has 1 heterocycles. The number of halogens is 4. The Morgan fingerprint density at radius 3 is 2.35 bits per heavy atom. The van der Waals surface area contributed by atoms with E-state index in [4.69, 9.17) is 55.9 Å². The number of nitrogens with one attached hydrogen (secondary N) is 1. The number of rotatable bonds is 9. The van der Waals surface area contributed by atoms with Crippen LogP contribution in [0.3, 0.4) is 0 Å². The van der Waals surface area contributed by atoms with Crippen LogP contribution < -0.4 is 10.1 Å². The molecule has 180 valence electrons. The first-order valence-corrected chi connectivity index (χ1v) is 12.8. The molecule has 0 aliphatic heterocycles. The Bertz CT molecular complexity index is 1200. The minimum absolute atomic E-state index is 0.215. The van der Waals surface area contributed by atoms with Crippen LogP contribution in [-0.4, -0.2) is 24.6 Å². The van der Waals surface area contributed by atoms with Gasteiger partial charge in [0.2, 0.25) is 0 Å². The van der Waals surface area contributed by atoms with Gasteiger partial charge in [-0.15, -0.1) is 11.3 Å². The number of carbonyl (C=O) groups excluding carboxylic acids is 2. The average Bonchev–Trinajstić information content (AvgIpc) is 3.21. The van der Waals surface area contributed by atoms with E-state index in [1.165, 1.54) is 11.3 Å². The molecule has 0 saturated heterocycles. The first-order chi connectivity index (χ1) is 16.2. The normalized spacial score (nSPS) is 11.7. The summed E-state index contributed by atoms with van der Waals surface area (Å²) < 4.78 is 11.2. The largest absolute Gasteiger partial charge is 0.479 e. The molecular weight excluding hydrogens is 540 g/mol. The SMILES string of the molecule is CCCOC(=O)c1c(-c2ccc(Cl)cc2Cl)csc1NC(=O)C(CC)Oc1cc(Cl)ccc1Cl. The van der Waals surface area contributed by atoms with Crippen LogP contribution in [0.25, 0.3) is 11.1 Å². The number of hydrogen-bond acceptors (Lipinski definition) is 5. The van der Waals surface area contributed by atoms with Crippen molar-refractivity contribution in [2.45, 2.75) is 32.8 Å². The summed E-state index contributed by atoms with van der Waals surface area (Å²) in [7, 11) is 0. The third kappa shape index (κ3) is 6.37. The Kier molecular flexibility index (Phi) is 9.51. The molecule has 0 radical (unpaired) electrons. The summed E-state index contributed by atoms with van der Waals surface area (Å²) in [6.07, 6.45) is 0.131. The van der Waals surface area contributed by atoms with E-state index in [2.05, 4.69) is 5.32 Å². The molecule has 0 saturated carbocycles. The van der Waals surface area contributed by atoms with Gasteiger partial charge >= 0.3 is 5.97 Å². The number of carbonyl (C=O) groups is 2. The van der Waals surface area contributed by atoms with Gasteiger partial charge in [0.1, 0.15) is 16.3 Å². The smallest absolute Gasteiger partial charge is 0.341 e. The molecule has 0 aliphatic rings. The van der Waals surface area contributed by atoms with Crippen LogP contribution in [0.4, 0.5) is 5.00 Å². The molecular formula is C24H21Cl4NO4S. The Morgan fingerprint density at radius 2 is 1.68 bits per heavy atom. The number of benzene rings is 2. The molecule has 3 rings (SSSR count). The lowest BCUT2D eigenvalue weighted by molar-refractivity contribution is -0.122. The van der Waals surface area contributed by atoms with Crippen LogP contribution in [0.1, 0.15) is 37.0 Å². The molecule has 1 N–H and O–H groups in total. The van der Waals surface area contributed by atoms with Gasteiger partial charge in [0.15, 0.2) is 6.10 Å². The summed E-state index contributed by atoms with van der Waals surface area (Å²) in [6.45, 7) is 3.93. The summed E-state index contributed by atoms with van der Waals surface area (Å²) in [5, 5.41) is 6.47. The van der Waals surface area contributed by atoms with Gasteiger partial charge in [0.05, 0.1) is 11.6 Å². The van der Waals surface area contributed by atoms with Crippen LogP contribution in [-0.2, 0) is 9.53 Å². The molecule has 3 aromatic rings. The van der Waals surface area contributed by atoms with Crippen molar-refractivity contribution in [3.05, 3.63) is 67.4 Å². The lowest BCUT2D eigenvalue weighted by atomic mass is 10.0. The number of ether oxygens (including phenoxy) is 2. The Labute approximate surface area is 221 Å². The van der Waals surface area contributed by atoms with E-state index >= 15 is 0 Å². The standard InChI is InChI=1S/C24H21Cl4NO4S/c1-3-9-32-24(31)21-16(15-7-5-13(25)10-18(15)28)12-34-23(21)29-22(30)19(4-2)33-20-11-14(26)6-8-17(20)27/h5-8,10-12,19H,3-4,9H2,1-2H3,(H,29,30). The summed E-state index contributed by atoms with van der Waals surface area (Å²) in [6, 6.07) is 9.74. The highest BCUT2D eigenvalue weighted by atomic mass is 35.5. The molecule has 0 fully saturated rings. The third-order valence-corrected chi connectivity index (χ3v) is 6.71. The Hall–Kier alpha value is -1.96. The lowest BCUT2D eigenvalue weighted by Gasteiger charge is -2.18. The maximum absolute atomic E-state index is 13.1. The zero-order valence-corrected chi connectivity index (χ0v) is 22.1. The molecule has 10 heteroatoms. The van der Waals surface area contributed by atoms with Gasteiger partial charge in [-0.05, 0) is 37.1 Å². The minimum Gasteiger partial charge on any atom is -0.479 e. The van der Waals surface area contributed by atoms with E-state index in [0.717, 1.165) is 0 Å². The molecule has 1 aromatic heterocycles. The second kappa shape index (κ2) is 12.1. The molecule has 2 aromatic carbocycles. The predicted octanol–water partition coefficient (Wildman–Crippen LogP) is 8.39. The zero-order valence-electron chi connectivity index (χ0n) is 18.3. The van der Waals surface area contributed by atoms with E-state index in [-0.39, 0.29) is 12.2 Å². The van der Waals surface area contributed by atoms with Gasteiger partial charge in [-0.1, -0.05) is 66.3 Å². The second-order valence-electron chi connectivity index (χ2n) is 7.19. The number of anilines is 1. The average molecular weight is 561 g/mol. The van der Waals surface area contributed by atoms with E-state index in [1.807, 2.05) is 6.92 Å². The topological polar surface area (TPSA) is 64.6 Å². The van der Waals surface area contributed by atoms with Crippen molar-refractivity contribution in [2.24, 2.45) is 0 Å². The van der Waals surface area contributed by atoms with Gasteiger partial charge in [0.25, 0.3) is 5.91 Å². The monoisotopic (exact) mass is 559 g/mol. The van der Waals surface area contributed by atoms with Crippen molar-refractivity contribution >= 4 is 74.6 Å². The van der Waals surface area contributed by atoms with Crippen molar-refractivity contribution < 1.29 is 19.1 Å². The van der Waals surface area contributed by atoms with Gasteiger partial charge in [-0.2, -0.15) is 0 Å². The number of hydrogen-bond donors (Lipinski definition) is 1. The fourth-order valence-corrected chi connectivity index (χ4v) is 4.85. The maximum Gasteiger partial charge on any atom is 0.341 e. The molecule has 1 amide bonds. The molecule has 5 nitrogen and oxygen atoms in total. The quantitative estimate of drug-likeness (QED) is 0.267. The lowest BCUT2D eigenvalue weighted by Crippen LogP contribution is -2.32. The molecule has 1 unspecified atom stereocenters. The summed E-state index contributed by atoms with van der Waals surface area (Å²) in [5.41, 5.74) is 1.35. The van der Waals surface area contributed by atoms with E-state index in [1.54, 1.807) is 48.7 Å². The van der Waals surface area contributed by atoms with Crippen molar-refractivity contribution in [1.82, 2.24) is 0 Å². The maximum atomic E-state index is 13.1. The Balaban J connectivity index is 1.93. The zero-order chi connectivity index (χ0) is 24.8. The summed E-state index contributed by atoms with van der Waals surface area (Å²) >= 11 is 25.8. The minimum atomic E-state index is -0.875.